The normalized spacial score (nSPS) is 26.7. The van der Waals surface area contributed by atoms with Crippen molar-refractivity contribution >= 4 is 63.8 Å². The van der Waals surface area contributed by atoms with Gasteiger partial charge in [-0.05, 0) is 86.7 Å². The number of carbonyl (C=O) groups is 7. The number of amides is 7. The largest absolute Gasteiger partial charge is 1.00 e. The first-order valence-corrected chi connectivity index (χ1v) is 29.9. The summed E-state index contributed by atoms with van der Waals surface area (Å²) in [4.78, 5) is 105. The fourth-order valence-corrected chi connectivity index (χ4v) is 12.3. The molecule has 32 heteroatoms. The Kier molecular flexibility index (Phi) is 24.4. The zero-order valence-corrected chi connectivity index (χ0v) is 51.6. The first kappa shape index (κ1) is 68.9. The molecule has 29 nitrogen and oxygen atoms in total. The summed E-state index contributed by atoms with van der Waals surface area (Å²) in [6.45, 7) is 7.50. The molecule has 4 aliphatic rings. The third kappa shape index (κ3) is 16.8. The van der Waals surface area contributed by atoms with Gasteiger partial charge in [0.05, 0.1) is 36.6 Å². The third-order valence-electron chi connectivity index (χ3n) is 15.5. The molecule has 0 radical (unpaired) electrons. The van der Waals surface area contributed by atoms with Crippen LogP contribution in [-0.2, 0) is 55.6 Å². The van der Waals surface area contributed by atoms with Crippen LogP contribution in [0.3, 0.4) is 0 Å². The molecule has 14 atom stereocenters. The molecule has 1 aliphatic carbocycles. The van der Waals surface area contributed by atoms with Crippen LogP contribution in [0.5, 0.6) is 11.5 Å². The first-order chi connectivity index (χ1) is 41.5. The van der Waals surface area contributed by atoms with Crippen molar-refractivity contribution in [1.29, 1.82) is 0 Å². The van der Waals surface area contributed by atoms with E-state index in [1.165, 1.54) is 42.9 Å². The molecule has 8 rings (SSSR count). The fourth-order valence-electron chi connectivity index (χ4n) is 10.9. The van der Waals surface area contributed by atoms with Crippen LogP contribution in [0.2, 0.25) is 0 Å². The van der Waals surface area contributed by atoms with Gasteiger partial charge in [0.25, 0.3) is 5.91 Å². The molecule has 4 heterocycles. The number of phenolic OH excluding ortho intramolecular Hbond substituents is 1. The molecular weight excluding hydrogens is 1200 g/mol. The summed E-state index contributed by atoms with van der Waals surface area (Å²) in [7, 11) is 0. The second kappa shape index (κ2) is 31.2. The quantitative estimate of drug-likeness (QED) is 0.0229. The van der Waals surface area contributed by atoms with Gasteiger partial charge in [0.15, 0.2) is 6.10 Å². The van der Waals surface area contributed by atoms with E-state index in [0.29, 0.717) is 15.6 Å². The van der Waals surface area contributed by atoms with Crippen LogP contribution >= 0.6 is 11.3 Å². The summed E-state index contributed by atoms with van der Waals surface area (Å²) >= 11 is -1.43. The van der Waals surface area contributed by atoms with Crippen molar-refractivity contribution in [3.63, 3.8) is 0 Å². The number of hydrogen-bond acceptors (Lipinski definition) is 22. The summed E-state index contributed by atoms with van der Waals surface area (Å²) in [6, 6.07) is 5.16. The molecule has 8 unspecified atom stereocenters. The zero-order valence-electron chi connectivity index (χ0n) is 48.0. The van der Waals surface area contributed by atoms with Gasteiger partial charge in [-0.25, -0.2) is 10.8 Å². The standard InChI is InChI=1S/C56H68N10O19S2.Na/c1-27-25-66-46(47(27)73)52(78)58-23-33(68)21-37(59-48(74)30-10-12-31(13-11-30)53-63-64-54(86-53)32-14-16-36(17-15-32)83-35-7-5-4-6-8-35)49(75)60-43(28(2)67)55(79)65-26-34(69)22-38(65)50(76)61-44(51(77)62-45(56(66)80)41(72)24-57-3)40(71)19-29-9-18-39(70)42(20-29)87(82)85-84-81;/h9-18,20,27-28,33-35,37-38,40-41,43-47,67-73,81H,4-8,19,21-26H2,1-2H3,(H,58,78)(H,59,74)(H,60,75)(H,61,76)(H,62,77);/q;+1/p-1/t27?,28?,33-,34?,37-,38?,40+,41+,43?,44?,45-,46?,47-,87?;/m0./s1. The SMILES string of the molecule is [C-]#[N+]C[C@@H](O)[C@@H]1NC(=O)C([C@H](O)Cc2ccc(O)c(S(=O)OO[O-])c2)NC(=O)C2CC(O)CN2C(=O)C(C(C)O)NC(=O)[C@@H](NC(=O)c2ccc(-c3nnc(-c4ccc(OC5CCCCC5)cc4)s3)cc2)C[C@H](O)CNC(=O)C2[C@@H](O)C(C)CN2C1=O.[Na+]. The van der Waals surface area contributed by atoms with Gasteiger partial charge in [-0.15, -0.1) is 14.5 Å². The second-order valence-electron chi connectivity index (χ2n) is 21.9. The maximum Gasteiger partial charge on any atom is 1.00 e. The molecule has 7 amide bonds. The molecule has 1 saturated carbocycles. The second-order valence-corrected chi connectivity index (χ2v) is 23.9. The monoisotopic (exact) mass is 1270 g/mol. The number of rotatable bonds is 15. The zero-order chi connectivity index (χ0) is 62.8. The van der Waals surface area contributed by atoms with E-state index in [4.69, 9.17) is 11.3 Å². The van der Waals surface area contributed by atoms with Gasteiger partial charge in [-0.1, -0.05) is 42.9 Å². The van der Waals surface area contributed by atoms with Crippen molar-refractivity contribution in [2.75, 3.05) is 26.2 Å². The molecule has 0 spiro atoms. The molecule has 12 N–H and O–H groups in total. The molecule has 0 bridgehead atoms. The Bertz CT molecular complexity index is 3210. The van der Waals surface area contributed by atoms with Crippen molar-refractivity contribution in [2.45, 2.75) is 149 Å². The topological polar surface area (TPSA) is 426 Å². The number of nitrogens with zero attached hydrogens (tertiary/aromatic N) is 5. The number of benzene rings is 3. The first-order valence-electron chi connectivity index (χ1n) is 28.0. The number of hydrogen-bond donors (Lipinski definition) is 12. The van der Waals surface area contributed by atoms with Gasteiger partial charge < -0.3 is 87.0 Å². The number of aromatic nitrogens is 2. The Morgan fingerprint density at radius 3 is 2.07 bits per heavy atom. The number of carbonyl (C=O) groups excluding carboxylic acids is 7. The number of nitrogens with one attached hydrogen (secondary N) is 5. The van der Waals surface area contributed by atoms with Crippen molar-refractivity contribution in [2.24, 2.45) is 5.92 Å². The fraction of sp³-hybridized carbons (Fsp3) is 0.500. The third-order valence-corrected chi connectivity index (χ3v) is 17.4. The van der Waals surface area contributed by atoms with E-state index in [1.807, 2.05) is 24.3 Å². The van der Waals surface area contributed by atoms with Gasteiger partial charge in [-0.3, -0.25) is 38.6 Å². The molecule has 3 aliphatic heterocycles. The predicted octanol–water partition coefficient (Wildman–Crippen LogP) is -5.59. The predicted molar refractivity (Wildman–Crippen MR) is 301 cm³/mol. The number of aliphatic hydroxyl groups excluding tert-OH is 6. The Hall–Kier alpha value is -6.61. The summed E-state index contributed by atoms with van der Waals surface area (Å²) in [5, 5.41) is 114. The summed E-state index contributed by atoms with van der Waals surface area (Å²) in [5.41, 5.74) is 1.37. The number of β-amino-alcohol motifs (C(OH)–C–C–N with tert-alkyl or cyclic N) is 1. The van der Waals surface area contributed by atoms with Crippen LogP contribution in [0.1, 0.15) is 74.7 Å². The minimum Gasteiger partial charge on any atom is -0.691 e. The van der Waals surface area contributed by atoms with Crippen molar-refractivity contribution < 1.29 is 122 Å². The van der Waals surface area contributed by atoms with E-state index in [2.05, 4.69) is 51.0 Å². The van der Waals surface area contributed by atoms with E-state index in [-0.39, 0.29) is 53.3 Å². The molecule has 4 fully saturated rings. The van der Waals surface area contributed by atoms with Crippen molar-refractivity contribution in [3.8, 4) is 32.6 Å². The average Bonchev–Trinajstić information content (AvgIpc) is 4.23. The van der Waals surface area contributed by atoms with Gasteiger partial charge >= 0.3 is 29.6 Å². The minimum absolute atomic E-state index is 0. The van der Waals surface area contributed by atoms with E-state index in [1.54, 1.807) is 12.1 Å². The van der Waals surface area contributed by atoms with Gasteiger partial charge in [-0.2, -0.15) is 0 Å². The summed E-state index contributed by atoms with van der Waals surface area (Å²) in [6.07, 6.45) is -6.93. The summed E-state index contributed by atoms with van der Waals surface area (Å²) in [5.74, 6) is -8.95. The van der Waals surface area contributed by atoms with Gasteiger partial charge in [0.2, 0.25) is 53.1 Å². The minimum atomic E-state index is -2.73. The number of aromatic hydroxyl groups is 1. The van der Waals surface area contributed by atoms with Crippen LogP contribution in [0.25, 0.3) is 26.0 Å². The molecule has 1 aromatic heterocycles. The number of phenols is 1. The van der Waals surface area contributed by atoms with Gasteiger partial charge in [0, 0.05) is 61.5 Å². The Morgan fingerprint density at radius 2 is 1.43 bits per heavy atom. The van der Waals surface area contributed by atoms with Crippen LogP contribution in [0, 0.1) is 12.5 Å². The van der Waals surface area contributed by atoms with E-state index in [9.17, 15) is 78.8 Å². The van der Waals surface area contributed by atoms with Crippen LogP contribution < -0.4 is 66.1 Å². The smallest absolute Gasteiger partial charge is 0.691 e. The molecule has 88 heavy (non-hydrogen) atoms. The molecular formula is C56H67N10NaO19S2. The maximum atomic E-state index is 14.6. The van der Waals surface area contributed by atoms with E-state index in [0.717, 1.165) is 65.9 Å². The van der Waals surface area contributed by atoms with Crippen molar-refractivity contribution in [3.05, 3.63) is 89.3 Å². The Labute approximate surface area is 532 Å². The number of fused-ring (bicyclic) bond motifs is 2. The average molecular weight is 1270 g/mol. The van der Waals surface area contributed by atoms with Gasteiger partial charge in [0.1, 0.15) is 62.7 Å². The number of aliphatic hydroxyl groups is 6. The van der Waals surface area contributed by atoms with Crippen molar-refractivity contribution in [1.82, 2.24) is 46.6 Å². The van der Waals surface area contributed by atoms with E-state index >= 15 is 0 Å². The Morgan fingerprint density at radius 1 is 0.807 bits per heavy atom. The maximum absolute atomic E-state index is 14.6. The molecule has 3 saturated heterocycles. The van der Waals surface area contributed by atoms with Crippen LogP contribution in [0.15, 0.2) is 71.6 Å². The van der Waals surface area contributed by atoms with Crippen LogP contribution in [-0.4, -0.2) is 206 Å². The molecule has 468 valence electrons. The Balaban J connectivity index is 0.0000110. The summed E-state index contributed by atoms with van der Waals surface area (Å²) < 4.78 is 22.7. The molecule has 3 aromatic carbocycles. The number of ether oxygens (including phenoxy) is 1. The van der Waals surface area contributed by atoms with Crippen LogP contribution in [0.4, 0.5) is 0 Å². The molecule has 4 aromatic rings. The van der Waals surface area contributed by atoms with E-state index < -0.39 is 181 Å².